The lowest BCUT2D eigenvalue weighted by atomic mass is 10.1. The second-order valence-corrected chi connectivity index (χ2v) is 4.07. The lowest BCUT2D eigenvalue weighted by Crippen LogP contribution is -2.28. The molecule has 1 aromatic rings. The second kappa shape index (κ2) is 8.20. The van der Waals surface area contributed by atoms with Crippen molar-refractivity contribution in [3.8, 4) is 12.1 Å². The van der Waals surface area contributed by atoms with Crippen LogP contribution in [0.2, 0.25) is 0 Å². The number of hydrogen-bond donors (Lipinski definition) is 0. The van der Waals surface area contributed by atoms with Crippen LogP contribution in [0.5, 0.6) is 0 Å². The number of nitrogens with zero attached hydrogens (tertiary/aromatic N) is 3. The summed E-state index contributed by atoms with van der Waals surface area (Å²) in [6, 6.07) is 8.66. The van der Waals surface area contributed by atoms with Crippen LogP contribution in [0.25, 0.3) is 0 Å². The summed E-state index contributed by atoms with van der Waals surface area (Å²) in [7, 11) is 1.60. The van der Waals surface area contributed by atoms with Crippen LogP contribution in [-0.2, 0) is 11.3 Å². The molecule has 0 radical (unpaired) electrons. The summed E-state index contributed by atoms with van der Waals surface area (Å²) >= 11 is 0. The third-order valence-corrected chi connectivity index (χ3v) is 2.74. The van der Waals surface area contributed by atoms with Gasteiger partial charge in [0.05, 0.1) is 18.2 Å². The molecule has 0 bridgehead atoms. The minimum absolute atomic E-state index is 0.0458. The molecule has 5 heteroatoms. The first-order chi connectivity index (χ1) is 9.22. The van der Waals surface area contributed by atoms with Crippen LogP contribution in [-0.4, -0.2) is 31.7 Å². The van der Waals surface area contributed by atoms with Gasteiger partial charge in [-0.1, -0.05) is 12.1 Å². The monoisotopic (exact) mass is 261 g/mol. The van der Waals surface area contributed by atoms with Gasteiger partial charge in [-0.2, -0.15) is 10.5 Å². The summed E-state index contributed by atoms with van der Waals surface area (Å²) in [4.78, 5) is 1.94. The zero-order valence-electron chi connectivity index (χ0n) is 10.9. The molecular formula is C14H16FN3O. The highest BCUT2D eigenvalue weighted by molar-refractivity contribution is 5.34. The van der Waals surface area contributed by atoms with Gasteiger partial charge in [-0.15, -0.1) is 0 Å². The second-order valence-electron chi connectivity index (χ2n) is 4.07. The van der Waals surface area contributed by atoms with Gasteiger partial charge in [0.25, 0.3) is 0 Å². The Bertz CT molecular complexity index is 490. The number of nitriles is 2. The molecule has 0 aliphatic carbocycles. The summed E-state index contributed by atoms with van der Waals surface area (Å²) < 4.78 is 18.9. The Morgan fingerprint density at radius 3 is 2.74 bits per heavy atom. The highest BCUT2D eigenvalue weighted by atomic mass is 19.1. The maximum Gasteiger partial charge on any atom is 0.145 e. The van der Waals surface area contributed by atoms with Gasteiger partial charge in [-0.3, -0.25) is 4.90 Å². The van der Waals surface area contributed by atoms with E-state index in [2.05, 4.69) is 6.07 Å². The fourth-order valence-corrected chi connectivity index (χ4v) is 1.73. The Hall–Kier alpha value is -1.95. The molecule has 100 valence electrons. The SMILES string of the molecule is COCCN(CCC#N)Cc1cccc(C#N)c1F. The molecule has 0 saturated carbocycles. The molecule has 1 aromatic carbocycles. The molecule has 4 nitrogen and oxygen atoms in total. The van der Waals surface area contributed by atoms with Crippen LogP contribution in [0, 0.1) is 28.5 Å². The van der Waals surface area contributed by atoms with Crippen LogP contribution in [0.1, 0.15) is 17.5 Å². The minimum atomic E-state index is -0.482. The van der Waals surface area contributed by atoms with Crippen LogP contribution in [0.4, 0.5) is 4.39 Å². The summed E-state index contributed by atoms with van der Waals surface area (Å²) in [5, 5.41) is 17.4. The first-order valence-electron chi connectivity index (χ1n) is 5.98. The van der Waals surface area contributed by atoms with E-state index in [9.17, 15) is 4.39 Å². The molecule has 1 rings (SSSR count). The molecule has 0 aromatic heterocycles. The lowest BCUT2D eigenvalue weighted by molar-refractivity contribution is 0.144. The zero-order valence-corrected chi connectivity index (χ0v) is 10.9. The van der Waals surface area contributed by atoms with Gasteiger partial charge in [-0.25, -0.2) is 4.39 Å². The van der Waals surface area contributed by atoms with Gasteiger partial charge in [0.15, 0.2) is 0 Å². The van der Waals surface area contributed by atoms with E-state index in [4.69, 9.17) is 15.3 Å². The highest BCUT2D eigenvalue weighted by Crippen LogP contribution is 2.14. The van der Waals surface area contributed by atoms with Crippen molar-refractivity contribution in [2.45, 2.75) is 13.0 Å². The summed E-state index contributed by atoms with van der Waals surface area (Å²) in [5.41, 5.74) is 0.512. The standard InChI is InChI=1S/C14H16FN3O/c1-19-9-8-18(7-3-6-16)11-13-5-2-4-12(10-17)14(13)15/h2,4-5H,3,7-9,11H2,1H3. The van der Waals surface area contributed by atoms with Crippen molar-refractivity contribution in [2.75, 3.05) is 26.8 Å². The predicted octanol–water partition coefficient (Wildman–Crippen LogP) is 2.06. The Morgan fingerprint density at radius 2 is 2.11 bits per heavy atom. The fourth-order valence-electron chi connectivity index (χ4n) is 1.73. The molecule has 0 N–H and O–H groups in total. The van der Waals surface area contributed by atoms with Crippen LogP contribution < -0.4 is 0 Å². The minimum Gasteiger partial charge on any atom is -0.383 e. The summed E-state index contributed by atoms with van der Waals surface area (Å²) in [5.74, 6) is -0.482. The van der Waals surface area contributed by atoms with E-state index in [1.807, 2.05) is 11.0 Å². The molecule has 0 fully saturated rings. The topological polar surface area (TPSA) is 60.0 Å². The molecular weight excluding hydrogens is 245 g/mol. The smallest absolute Gasteiger partial charge is 0.145 e. The third kappa shape index (κ3) is 4.67. The van der Waals surface area contributed by atoms with Crippen LogP contribution >= 0.6 is 0 Å². The first kappa shape index (κ1) is 15.1. The van der Waals surface area contributed by atoms with Gasteiger partial charge in [-0.05, 0) is 6.07 Å². The van der Waals surface area contributed by atoms with Crippen molar-refractivity contribution in [3.05, 3.63) is 35.1 Å². The highest BCUT2D eigenvalue weighted by Gasteiger charge is 2.12. The Morgan fingerprint density at radius 1 is 1.32 bits per heavy atom. The van der Waals surface area contributed by atoms with E-state index in [-0.39, 0.29) is 5.56 Å². The normalized spacial score (nSPS) is 10.2. The van der Waals surface area contributed by atoms with Crippen molar-refractivity contribution in [1.29, 1.82) is 10.5 Å². The van der Waals surface area contributed by atoms with Gasteiger partial charge in [0, 0.05) is 38.7 Å². The van der Waals surface area contributed by atoms with Gasteiger partial charge < -0.3 is 4.74 Å². The van der Waals surface area contributed by atoms with Crippen LogP contribution in [0.3, 0.4) is 0 Å². The first-order valence-corrected chi connectivity index (χ1v) is 5.98. The fraction of sp³-hybridized carbons (Fsp3) is 0.429. The van der Waals surface area contributed by atoms with Crippen molar-refractivity contribution in [3.63, 3.8) is 0 Å². The average molecular weight is 261 g/mol. The Kier molecular flexibility index (Phi) is 6.52. The van der Waals surface area contributed by atoms with Crippen molar-refractivity contribution in [1.82, 2.24) is 4.90 Å². The lowest BCUT2D eigenvalue weighted by Gasteiger charge is -2.21. The van der Waals surface area contributed by atoms with Gasteiger partial charge in [0.1, 0.15) is 11.9 Å². The molecule has 0 atom stereocenters. The molecule has 0 heterocycles. The molecule has 0 aliphatic heterocycles. The molecule has 0 unspecified atom stereocenters. The zero-order chi connectivity index (χ0) is 14.1. The Balaban J connectivity index is 2.78. The largest absolute Gasteiger partial charge is 0.383 e. The number of rotatable bonds is 7. The van der Waals surface area contributed by atoms with Crippen molar-refractivity contribution < 1.29 is 9.13 Å². The van der Waals surface area contributed by atoms with Crippen molar-refractivity contribution >= 4 is 0 Å². The quantitative estimate of drug-likeness (QED) is 0.753. The summed E-state index contributed by atoms with van der Waals surface area (Å²) in [6.07, 6.45) is 0.378. The number of ether oxygens (including phenoxy) is 1. The molecule has 0 amide bonds. The van der Waals surface area contributed by atoms with Gasteiger partial charge in [0.2, 0.25) is 0 Å². The third-order valence-electron chi connectivity index (χ3n) is 2.74. The Labute approximate surface area is 112 Å². The number of hydrogen-bond acceptors (Lipinski definition) is 4. The molecule has 0 aliphatic rings. The number of methoxy groups -OCH3 is 1. The van der Waals surface area contributed by atoms with E-state index >= 15 is 0 Å². The van der Waals surface area contributed by atoms with E-state index in [1.165, 1.54) is 6.07 Å². The maximum atomic E-state index is 13.9. The van der Waals surface area contributed by atoms with E-state index in [0.717, 1.165) is 0 Å². The maximum absolute atomic E-state index is 13.9. The molecule has 0 spiro atoms. The van der Waals surface area contributed by atoms with E-state index < -0.39 is 5.82 Å². The average Bonchev–Trinajstić information content (AvgIpc) is 2.43. The van der Waals surface area contributed by atoms with E-state index in [1.54, 1.807) is 19.2 Å². The number of halogens is 1. The van der Waals surface area contributed by atoms with Crippen molar-refractivity contribution in [2.24, 2.45) is 0 Å². The van der Waals surface area contributed by atoms with E-state index in [0.29, 0.717) is 38.2 Å². The van der Waals surface area contributed by atoms with Gasteiger partial charge >= 0.3 is 0 Å². The predicted molar refractivity (Wildman–Crippen MR) is 68.5 cm³/mol. The molecule has 0 saturated heterocycles. The van der Waals surface area contributed by atoms with Crippen LogP contribution in [0.15, 0.2) is 18.2 Å². The molecule has 19 heavy (non-hydrogen) atoms. The number of benzene rings is 1. The summed E-state index contributed by atoms with van der Waals surface area (Å²) in [6.45, 7) is 2.06.